The van der Waals surface area contributed by atoms with Crippen molar-refractivity contribution >= 4 is 33.0 Å². The van der Waals surface area contributed by atoms with Crippen LogP contribution < -0.4 is 11.3 Å². The summed E-state index contributed by atoms with van der Waals surface area (Å²) in [5.74, 6) is -0.118. The van der Waals surface area contributed by atoms with E-state index in [1.54, 1.807) is 0 Å². The minimum absolute atomic E-state index is 0.00816. The maximum absolute atomic E-state index is 11.8. The number of fused-ring (bicyclic) bond motifs is 1. The van der Waals surface area contributed by atoms with Gasteiger partial charge < -0.3 is 25.8 Å². The number of aliphatic hydroxyl groups excluding tert-OH is 3. The summed E-state index contributed by atoms with van der Waals surface area (Å²) in [7, 11) is 0. The molecular formula is C10H12BrN5O5. The second-order valence-corrected chi connectivity index (χ2v) is 5.31. The molecule has 0 bridgehead atoms. The lowest BCUT2D eigenvalue weighted by molar-refractivity contribution is -0.0521. The normalized spacial score (nSPS) is 29.3. The lowest BCUT2D eigenvalue weighted by Crippen LogP contribution is -2.33. The fourth-order valence-electron chi connectivity index (χ4n) is 2.29. The van der Waals surface area contributed by atoms with E-state index in [0.717, 1.165) is 0 Å². The molecule has 0 aromatic carbocycles. The van der Waals surface area contributed by atoms with Gasteiger partial charge in [0.1, 0.15) is 18.3 Å². The van der Waals surface area contributed by atoms with Gasteiger partial charge in [-0.1, -0.05) is 0 Å². The zero-order chi connectivity index (χ0) is 15.3. The van der Waals surface area contributed by atoms with Crippen LogP contribution in [0.5, 0.6) is 0 Å². The van der Waals surface area contributed by atoms with Crippen molar-refractivity contribution in [1.29, 1.82) is 0 Å². The number of imidazole rings is 1. The number of hydrogen-bond donors (Lipinski definition) is 5. The predicted octanol–water partition coefficient (Wildman–Crippen LogP) is -1.92. The van der Waals surface area contributed by atoms with Crippen molar-refractivity contribution in [3.8, 4) is 0 Å². The first-order chi connectivity index (χ1) is 9.93. The summed E-state index contributed by atoms with van der Waals surface area (Å²) in [6.07, 6.45) is -4.61. The Bertz CT molecular complexity index is 745. The standard InChI is InChI=1S/C10H12BrN5O5/c11-9-13-3-6(14-10(12)15-7(3)20)16(9)8-5(19)4(18)2(1-17)21-8/h2,4-5,8,17-19H,1H2,(H3,12,14,15,20)/t2-,4-,5-,8-/m0/s1. The third-order valence-electron chi connectivity index (χ3n) is 3.30. The van der Waals surface area contributed by atoms with E-state index in [1.807, 2.05) is 0 Å². The number of aromatic amines is 1. The van der Waals surface area contributed by atoms with Crippen LogP contribution in [0.15, 0.2) is 9.53 Å². The van der Waals surface area contributed by atoms with Crippen LogP contribution in [0, 0.1) is 0 Å². The number of nitrogens with two attached hydrogens (primary N) is 1. The van der Waals surface area contributed by atoms with Crippen molar-refractivity contribution in [2.24, 2.45) is 0 Å². The average molecular weight is 362 g/mol. The lowest BCUT2D eigenvalue weighted by atomic mass is 10.1. The Morgan fingerprint density at radius 3 is 2.71 bits per heavy atom. The lowest BCUT2D eigenvalue weighted by Gasteiger charge is -2.17. The SMILES string of the molecule is Nc1nc2c(nc(Br)n2[C@H]2O[C@@H](CO)[C@H](O)[C@@H]2O)c(=O)[nH]1. The number of aliphatic hydroxyl groups is 3. The molecule has 6 N–H and O–H groups in total. The number of rotatable bonds is 2. The number of anilines is 1. The topological polar surface area (TPSA) is 160 Å². The Morgan fingerprint density at radius 2 is 2.10 bits per heavy atom. The van der Waals surface area contributed by atoms with Crippen LogP contribution in [0.1, 0.15) is 6.23 Å². The second-order valence-electron chi connectivity index (χ2n) is 4.60. The van der Waals surface area contributed by atoms with Gasteiger partial charge >= 0.3 is 0 Å². The average Bonchev–Trinajstić information content (AvgIpc) is 2.89. The number of nitrogens with one attached hydrogen (secondary N) is 1. The molecule has 114 valence electrons. The van der Waals surface area contributed by atoms with E-state index in [0.29, 0.717) is 0 Å². The predicted molar refractivity (Wildman–Crippen MR) is 73.3 cm³/mol. The third kappa shape index (κ3) is 2.13. The molecule has 0 saturated carbocycles. The van der Waals surface area contributed by atoms with E-state index in [2.05, 4.69) is 30.9 Å². The summed E-state index contributed by atoms with van der Waals surface area (Å²) in [6, 6.07) is 0. The third-order valence-corrected chi connectivity index (χ3v) is 3.86. The molecule has 21 heavy (non-hydrogen) atoms. The minimum atomic E-state index is -1.32. The molecule has 10 nitrogen and oxygen atoms in total. The van der Waals surface area contributed by atoms with Gasteiger partial charge in [0.15, 0.2) is 22.1 Å². The maximum atomic E-state index is 11.8. The Hall–Kier alpha value is -1.53. The first-order valence-corrected chi connectivity index (χ1v) is 6.79. The van der Waals surface area contributed by atoms with Crippen molar-refractivity contribution in [1.82, 2.24) is 19.5 Å². The molecule has 1 fully saturated rings. The van der Waals surface area contributed by atoms with E-state index in [-0.39, 0.29) is 21.8 Å². The van der Waals surface area contributed by atoms with Crippen molar-refractivity contribution in [2.45, 2.75) is 24.5 Å². The first-order valence-electron chi connectivity index (χ1n) is 5.99. The van der Waals surface area contributed by atoms with Crippen molar-refractivity contribution in [3.05, 3.63) is 15.1 Å². The van der Waals surface area contributed by atoms with Gasteiger partial charge in [0.2, 0.25) is 5.95 Å². The van der Waals surface area contributed by atoms with E-state index in [1.165, 1.54) is 4.57 Å². The van der Waals surface area contributed by atoms with Crippen LogP contribution in [0.2, 0.25) is 0 Å². The highest BCUT2D eigenvalue weighted by Crippen LogP contribution is 2.33. The summed E-state index contributed by atoms with van der Waals surface area (Å²) in [6.45, 7) is -0.463. The van der Waals surface area contributed by atoms with Gasteiger partial charge in [0.25, 0.3) is 5.56 Å². The monoisotopic (exact) mass is 361 g/mol. The Balaban J connectivity index is 2.17. The molecule has 3 rings (SSSR count). The number of ether oxygens (including phenoxy) is 1. The number of H-pyrrole nitrogens is 1. The Kier molecular flexibility index (Phi) is 3.45. The molecule has 4 atom stereocenters. The van der Waals surface area contributed by atoms with E-state index in [9.17, 15) is 15.0 Å². The van der Waals surface area contributed by atoms with Gasteiger partial charge in [-0.05, 0) is 15.9 Å². The molecule has 3 heterocycles. The van der Waals surface area contributed by atoms with Crippen molar-refractivity contribution in [3.63, 3.8) is 0 Å². The molecule has 1 saturated heterocycles. The highest BCUT2D eigenvalue weighted by atomic mass is 79.9. The zero-order valence-electron chi connectivity index (χ0n) is 10.5. The van der Waals surface area contributed by atoms with E-state index >= 15 is 0 Å². The number of nitrogen functional groups attached to an aromatic ring is 1. The molecule has 0 amide bonds. The Morgan fingerprint density at radius 1 is 1.38 bits per heavy atom. The molecular weight excluding hydrogens is 350 g/mol. The molecule has 2 aromatic rings. The summed E-state index contributed by atoms with van der Waals surface area (Å²) in [5.41, 5.74) is 5.07. The van der Waals surface area contributed by atoms with Crippen LogP contribution in [0.25, 0.3) is 11.2 Å². The van der Waals surface area contributed by atoms with Gasteiger partial charge in [-0.15, -0.1) is 0 Å². The second kappa shape index (κ2) is 5.03. The largest absolute Gasteiger partial charge is 0.394 e. The van der Waals surface area contributed by atoms with Gasteiger partial charge in [0.05, 0.1) is 6.61 Å². The zero-order valence-corrected chi connectivity index (χ0v) is 12.1. The number of nitrogens with zero attached hydrogens (tertiary/aromatic N) is 3. The van der Waals surface area contributed by atoms with Gasteiger partial charge in [-0.2, -0.15) is 4.98 Å². The van der Waals surface area contributed by atoms with Gasteiger partial charge in [-0.25, -0.2) is 4.98 Å². The molecule has 2 aromatic heterocycles. The molecule has 11 heteroatoms. The molecule has 1 aliphatic heterocycles. The van der Waals surface area contributed by atoms with E-state index in [4.69, 9.17) is 15.6 Å². The van der Waals surface area contributed by atoms with Gasteiger partial charge in [0, 0.05) is 0 Å². The smallest absolute Gasteiger partial charge is 0.280 e. The molecule has 0 spiro atoms. The fourth-order valence-corrected chi connectivity index (χ4v) is 2.84. The highest BCUT2D eigenvalue weighted by Gasteiger charge is 2.44. The summed E-state index contributed by atoms with van der Waals surface area (Å²) < 4.78 is 6.87. The quantitative estimate of drug-likeness (QED) is 0.387. The Labute approximate surface area is 125 Å². The molecule has 0 unspecified atom stereocenters. The van der Waals surface area contributed by atoms with Crippen LogP contribution in [0.4, 0.5) is 5.95 Å². The minimum Gasteiger partial charge on any atom is -0.394 e. The van der Waals surface area contributed by atoms with Crippen LogP contribution in [0.3, 0.4) is 0 Å². The van der Waals surface area contributed by atoms with Gasteiger partial charge in [-0.3, -0.25) is 14.3 Å². The number of halogens is 1. The summed E-state index contributed by atoms with van der Waals surface area (Å²) >= 11 is 3.15. The highest BCUT2D eigenvalue weighted by molar-refractivity contribution is 9.10. The summed E-state index contributed by atoms with van der Waals surface area (Å²) in [5, 5.41) is 29.0. The summed E-state index contributed by atoms with van der Waals surface area (Å²) in [4.78, 5) is 22.0. The first kappa shape index (κ1) is 14.4. The molecule has 0 aliphatic carbocycles. The maximum Gasteiger partial charge on any atom is 0.280 e. The number of hydrogen-bond acceptors (Lipinski definition) is 8. The van der Waals surface area contributed by atoms with Crippen LogP contribution >= 0.6 is 15.9 Å². The van der Waals surface area contributed by atoms with Crippen molar-refractivity contribution < 1.29 is 20.1 Å². The van der Waals surface area contributed by atoms with Crippen LogP contribution in [-0.2, 0) is 4.74 Å². The van der Waals surface area contributed by atoms with E-state index < -0.39 is 36.7 Å². The number of aromatic nitrogens is 4. The molecule has 1 aliphatic rings. The molecule has 0 radical (unpaired) electrons. The fraction of sp³-hybridized carbons (Fsp3) is 0.500. The van der Waals surface area contributed by atoms with Crippen molar-refractivity contribution in [2.75, 3.05) is 12.3 Å². The van der Waals surface area contributed by atoms with Crippen LogP contribution in [-0.4, -0.2) is 59.8 Å².